The van der Waals surface area contributed by atoms with Crippen LogP contribution in [0.2, 0.25) is 0 Å². The Kier molecular flexibility index (Phi) is 3.79. The first kappa shape index (κ1) is 12.4. The maximum absolute atomic E-state index is 5.35. The van der Waals surface area contributed by atoms with E-state index in [1.807, 2.05) is 18.2 Å². The molecular weight excluding hydrogens is 224 g/mol. The van der Waals surface area contributed by atoms with Gasteiger partial charge in [0.05, 0.1) is 0 Å². The quantitative estimate of drug-likeness (QED) is 0.569. The molecule has 4 nitrogen and oxygen atoms in total. The summed E-state index contributed by atoms with van der Waals surface area (Å²) >= 11 is 0. The first-order valence-electron chi connectivity index (χ1n) is 5.99. The minimum Gasteiger partial charge on any atom is -0.355 e. The highest BCUT2D eigenvalue weighted by molar-refractivity contribution is 5.65. The van der Waals surface area contributed by atoms with Crippen LogP contribution >= 0.6 is 0 Å². The van der Waals surface area contributed by atoms with Gasteiger partial charge in [0.25, 0.3) is 0 Å². The Balaban J connectivity index is 2.28. The largest absolute Gasteiger partial charge is 0.355 e. The van der Waals surface area contributed by atoms with Crippen molar-refractivity contribution in [1.82, 2.24) is 4.98 Å². The van der Waals surface area contributed by atoms with Gasteiger partial charge in [0, 0.05) is 23.6 Å². The molecule has 18 heavy (non-hydrogen) atoms. The van der Waals surface area contributed by atoms with Gasteiger partial charge in [-0.3, -0.25) is 0 Å². The molecule has 94 valence electrons. The third kappa shape index (κ3) is 2.78. The van der Waals surface area contributed by atoms with Crippen LogP contribution < -0.4 is 16.6 Å². The third-order valence-corrected chi connectivity index (χ3v) is 2.77. The summed E-state index contributed by atoms with van der Waals surface area (Å²) in [6, 6.07) is 12.1. The van der Waals surface area contributed by atoms with E-state index in [2.05, 4.69) is 47.8 Å². The average Bonchev–Trinajstić information content (AvgIpc) is 2.39. The lowest BCUT2D eigenvalue weighted by atomic mass is 10.0. The van der Waals surface area contributed by atoms with Gasteiger partial charge in [-0.2, -0.15) is 0 Å². The van der Waals surface area contributed by atoms with Crippen LogP contribution in [-0.2, 0) is 0 Å². The zero-order valence-corrected chi connectivity index (χ0v) is 10.6. The lowest BCUT2D eigenvalue weighted by Crippen LogP contribution is -2.08. The summed E-state index contributed by atoms with van der Waals surface area (Å²) in [5.74, 6) is 6.47. The summed E-state index contributed by atoms with van der Waals surface area (Å²) in [4.78, 5) is 4.08. The lowest BCUT2D eigenvalue weighted by molar-refractivity contribution is 0.869. The molecule has 1 heterocycles. The summed E-state index contributed by atoms with van der Waals surface area (Å²) < 4.78 is 0. The first-order valence-corrected chi connectivity index (χ1v) is 5.99. The predicted octanol–water partition coefficient (Wildman–Crippen LogP) is 3.23. The highest BCUT2D eigenvalue weighted by Crippen LogP contribution is 2.27. The second kappa shape index (κ2) is 5.51. The van der Waals surface area contributed by atoms with Crippen LogP contribution in [0.4, 0.5) is 17.2 Å². The normalized spacial score (nSPS) is 10.4. The standard InChI is InChI=1S/C14H18N4/c1-10(2)12-5-3-4-6-13(12)17-11-7-8-16-14(9-11)18-15/h3-10H,15H2,1-2H3,(H2,16,17,18). The van der Waals surface area contributed by atoms with Gasteiger partial charge in [-0.05, 0) is 23.6 Å². The summed E-state index contributed by atoms with van der Waals surface area (Å²) in [6.07, 6.45) is 1.72. The second-order valence-corrected chi connectivity index (χ2v) is 4.44. The third-order valence-electron chi connectivity index (χ3n) is 2.77. The van der Waals surface area contributed by atoms with Crippen molar-refractivity contribution in [1.29, 1.82) is 0 Å². The maximum Gasteiger partial charge on any atom is 0.141 e. The van der Waals surface area contributed by atoms with Gasteiger partial charge in [-0.1, -0.05) is 32.0 Å². The maximum atomic E-state index is 5.35. The Morgan fingerprint density at radius 3 is 2.67 bits per heavy atom. The number of anilines is 3. The topological polar surface area (TPSA) is 63.0 Å². The minimum atomic E-state index is 0.475. The van der Waals surface area contributed by atoms with Crippen molar-refractivity contribution in [3.8, 4) is 0 Å². The van der Waals surface area contributed by atoms with Crippen LogP contribution in [0, 0.1) is 0 Å². The lowest BCUT2D eigenvalue weighted by Gasteiger charge is -2.14. The molecule has 0 saturated carbocycles. The molecule has 0 aliphatic heterocycles. The number of rotatable bonds is 4. The number of aromatic nitrogens is 1. The van der Waals surface area contributed by atoms with Crippen LogP contribution in [0.3, 0.4) is 0 Å². The number of hydrogen-bond donors (Lipinski definition) is 3. The van der Waals surface area contributed by atoms with E-state index in [9.17, 15) is 0 Å². The Hall–Kier alpha value is -2.07. The van der Waals surface area contributed by atoms with Gasteiger partial charge in [-0.25, -0.2) is 10.8 Å². The van der Waals surface area contributed by atoms with Gasteiger partial charge in [0.2, 0.25) is 0 Å². The second-order valence-electron chi connectivity index (χ2n) is 4.44. The molecule has 0 saturated heterocycles. The van der Waals surface area contributed by atoms with Crippen molar-refractivity contribution in [2.24, 2.45) is 5.84 Å². The Bertz CT molecular complexity index is 523. The molecule has 1 aromatic heterocycles. The van der Waals surface area contributed by atoms with Crippen LogP contribution in [0.1, 0.15) is 25.3 Å². The van der Waals surface area contributed by atoms with Crippen LogP contribution in [0.25, 0.3) is 0 Å². The van der Waals surface area contributed by atoms with Gasteiger partial charge in [-0.15, -0.1) is 0 Å². The van der Waals surface area contributed by atoms with E-state index in [0.29, 0.717) is 11.7 Å². The van der Waals surface area contributed by atoms with Crippen molar-refractivity contribution in [2.75, 3.05) is 10.7 Å². The number of nitrogens with zero attached hydrogens (tertiary/aromatic N) is 1. The number of benzene rings is 1. The Morgan fingerprint density at radius 1 is 1.17 bits per heavy atom. The smallest absolute Gasteiger partial charge is 0.141 e. The fourth-order valence-electron chi connectivity index (χ4n) is 1.86. The van der Waals surface area contributed by atoms with Crippen molar-refractivity contribution in [2.45, 2.75) is 19.8 Å². The van der Waals surface area contributed by atoms with Crippen molar-refractivity contribution in [3.63, 3.8) is 0 Å². The van der Waals surface area contributed by atoms with Crippen molar-refractivity contribution in [3.05, 3.63) is 48.2 Å². The molecule has 1 aromatic carbocycles. The zero-order chi connectivity index (χ0) is 13.0. The molecule has 0 amide bonds. The Labute approximate surface area is 107 Å². The van der Waals surface area contributed by atoms with Crippen molar-refractivity contribution >= 4 is 17.2 Å². The molecule has 4 N–H and O–H groups in total. The predicted molar refractivity (Wildman–Crippen MR) is 75.9 cm³/mol. The van der Waals surface area contributed by atoms with Gasteiger partial charge < -0.3 is 10.7 Å². The van der Waals surface area contributed by atoms with E-state index in [4.69, 9.17) is 5.84 Å². The van der Waals surface area contributed by atoms with E-state index in [1.54, 1.807) is 6.20 Å². The molecule has 0 atom stereocenters. The summed E-state index contributed by atoms with van der Waals surface area (Å²) in [5, 5.41) is 3.39. The highest BCUT2D eigenvalue weighted by Gasteiger charge is 2.06. The van der Waals surface area contributed by atoms with E-state index < -0.39 is 0 Å². The van der Waals surface area contributed by atoms with E-state index in [-0.39, 0.29) is 0 Å². The minimum absolute atomic E-state index is 0.475. The average molecular weight is 242 g/mol. The summed E-state index contributed by atoms with van der Waals surface area (Å²) in [6.45, 7) is 4.36. The molecule has 2 aromatic rings. The molecular formula is C14H18N4. The van der Waals surface area contributed by atoms with Crippen LogP contribution in [-0.4, -0.2) is 4.98 Å². The van der Waals surface area contributed by atoms with Gasteiger partial charge >= 0.3 is 0 Å². The summed E-state index contributed by atoms with van der Waals surface area (Å²) in [5.41, 5.74) is 5.90. The number of hydrazine groups is 1. The summed E-state index contributed by atoms with van der Waals surface area (Å²) in [7, 11) is 0. The molecule has 0 fully saturated rings. The number of nitrogens with one attached hydrogen (secondary N) is 2. The zero-order valence-electron chi connectivity index (χ0n) is 10.6. The molecule has 0 aliphatic carbocycles. The highest BCUT2D eigenvalue weighted by atomic mass is 15.2. The van der Waals surface area contributed by atoms with E-state index >= 15 is 0 Å². The monoisotopic (exact) mass is 242 g/mol. The van der Waals surface area contributed by atoms with Gasteiger partial charge in [0.1, 0.15) is 5.82 Å². The number of pyridine rings is 1. The molecule has 0 unspecified atom stereocenters. The number of nitrogens with two attached hydrogens (primary N) is 1. The SMILES string of the molecule is CC(C)c1ccccc1Nc1ccnc(NN)c1. The van der Waals surface area contributed by atoms with Gasteiger partial charge in [0.15, 0.2) is 0 Å². The first-order chi connectivity index (χ1) is 8.70. The number of hydrogen-bond acceptors (Lipinski definition) is 4. The number of para-hydroxylation sites is 1. The molecule has 4 heteroatoms. The molecule has 0 spiro atoms. The fraction of sp³-hybridized carbons (Fsp3) is 0.214. The fourth-order valence-corrected chi connectivity index (χ4v) is 1.86. The molecule has 0 bridgehead atoms. The number of nitrogen functional groups attached to an aromatic ring is 1. The molecule has 0 aliphatic rings. The molecule has 2 rings (SSSR count). The Morgan fingerprint density at radius 2 is 1.94 bits per heavy atom. The van der Waals surface area contributed by atoms with E-state index in [1.165, 1.54) is 5.56 Å². The molecule has 0 radical (unpaired) electrons. The van der Waals surface area contributed by atoms with E-state index in [0.717, 1.165) is 11.4 Å². The van der Waals surface area contributed by atoms with Crippen molar-refractivity contribution < 1.29 is 0 Å². The van der Waals surface area contributed by atoms with Crippen LogP contribution in [0.5, 0.6) is 0 Å². The van der Waals surface area contributed by atoms with Crippen LogP contribution in [0.15, 0.2) is 42.6 Å².